The summed E-state index contributed by atoms with van der Waals surface area (Å²) in [5.74, 6) is 1.85. The van der Waals surface area contributed by atoms with Crippen molar-refractivity contribution in [3.8, 4) is 5.00 Å². The molecule has 1 atom stereocenters. The van der Waals surface area contributed by atoms with E-state index >= 15 is 0 Å². The zero-order valence-electron chi connectivity index (χ0n) is 19.1. The van der Waals surface area contributed by atoms with Crippen LogP contribution >= 0.6 is 11.3 Å². The van der Waals surface area contributed by atoms with Gasteiger partial charge in [0.1, 0.15) is 22.5 Å². The number of carbonyl (C=O) groups is 1. The first kappa shape index (κ1) is 22.8. The molecule has 1 unspecified atom stereocenters. The zero-order valence-corrected chi connectivity index (χ0v) is 19.9. The molecule has 1 aliphatic rings. The average molecular weight is 440 g/mol. The first-order valence-corrected chi connectivity index (χ1v) is 11.1. The third kappa shape index (κ3) is 4.74. The Morgan fingerprint density at radius 1 is 1.16 bits per heavy atom. The fourth-order valence-electron chi connectivity index (χ4n) is 3.32. The summed E-state index contributed by atoms with van der Waals surface area (Å²) in [5.41, 5.74) is 4.29. The van der Waals surface area contributed by atoms with Crippen LogP contribution in [0.3, 0.4) is 0 Å². The van der Waals surface area contributed by atoms with Crippen LogP contribution in [-0.4, -0.2) is 37.5 Å². The van der Waals surface area contributed by atoms with Gasteiger partial charge in [-0.15, -0.1) is 21.5 Å². The minimum atomic E-state index is -0.318. The predicted molar refractivity (Wildman–Crippen MR) is 123 cm³/mol. The summed E-state index contributed by atoms with van der Waals surface area (Å²) >= 11 is 1.79. The second-order valence-electron chi connectivity index (χ2n) is 8.37. The van der Waals surface area contributed by atoms with Gasteiger partial charge in [-0.1, -0.05) is 6.92 Å². The van der Waals surface area contributed by atoms with Gasteiger partial charge in [-0.2, -0.15) is 0 Å². The second-order valence-corrected chi connectivity index (χ2v) is 9.57. The first-order chi connectivity index (χ1) is 14.7. The molecule has 0 spiro atoms. The molecule has 0 fully saturated rings. The number of hydrogen-bond donors (Lipinski definition) is 0. The summed E-state index contributed by atoms with van der Waals surface area (Å²) in [6.45, 7) is 14.4. The highest BCUT2D eigenvalue weighted by Crippen LogP contribution is 2.39. The van der Waals surface area contributed by atoms with Crippen molar-refractivity contribution in [3.63, 3.8) is 0 Å². The SMILES string of the molecule is CC(C)(C)OC=O.CCC1N=C(c2ccncc2)c2c(sc(C)c2C)-n2c(C)nnc21. The smallest absolute Gasteiger partial charge is 0.293 e. The lowest BCUT2D eigenvalue weighted by molar-refractivity contribution is -0.138. The van der Waals surface area contributed by atoms with Gasteiger partial charge in [0.25, 0.3) is 6.47 Å². The fourth-order valence-corrected chi connectivity index (χ4v) is 4.53. The predicted octanol–water partition coefficient (Wildman–Crippen LogP) is 4.91. The van der Waals surface area contributed by atoms with E-state index < -0.39 is 0 Å². The summed E-state index contributed by atoms with van der Waals surface area (Å²) in [4.78, 5) is 20.2. The van der Waals surface area contributed by atoms with E-state index in [0.29, 0.717) is 6.47 Å². The van der Waals surface area contributed by atoms with E-state index in [9.17, 15) is 4.79 Å². The highest BCUT2D eigenvalue weighted by Gasteiger charge is 2.30. The number of aromatic nitrogens is 4. The van der Waals surface area contributed by atoms with Gasteiger partial charge < -0.3 is 4.74 Å². The molecule has 0 radical (unpaired) electrons. The van der Waals surface area contributed by atoms with E-state index in [2.05, 4.69) is 45.3 Å². The molecule has 0 N–H and O–H groups in total. The number of hydrogen-bond acceptors (Lipinski definition) is 7. The monoisotopic (exact) mass is 439 g/mol. The van der Waals surface area contributed by atoms with Crippen molar-refractivity contribution in [1.29, 1.82) is 0 Å². The van der Waals surface area contributed by atoms with Gasteiger partial charge >= 0.3 is 0 Å². The van der Waals surface area contributed by atoms with Crippen molar-refractivity contribution in [1.82, 2.24) is 19.7 Å². The fraction of sp³-hybridized carbons (Fsp3) is 0.435. The molecule has 0 aromatic carbocycles. The molecule has 8 heteroatoms. The van der Waals surface area contributed by atoms with Gasteiger partial charge in [-0.05, 0) is 65.7 Å². The van der Waals surface area contributed by atoms with Gasteiger partial charge in [0.2, 0.25) is 0 Å². The van der Waals surface area contributed by atoms with Gasteiger partial charge in [0.15, 0.2) is 5.82 Å². The molecule has 0 saturated carbocycles. The van der Waals surface area contributed by atoms with Crippen LogP contribution in [0.4, 0.5) is 0 Å². The number of thiophene rings is 1. The quantitative estimate of drug-likeness (QED) is 0.542. The lowest BCUT2D eigenvalue weighted by Gasteiger charge is -2.14. The minimum absolute atomic E-state index is 0.00803. The molecule has 4 heterocycles. The minimum Gasteiger partial charge on any atom is -0.462 e. The van der Waals surface area contributed by atoms with E-state index in [0.717, 1.165) is 29.3 Å². The van der Waals surface area contributed by atoms with Gasteiger partial charge in [-0.25, -0.2) is 0 Å². The van der Waals surface area contributed by atoms with Crippen molar-refractivity contribution in [2.45, 2.75) is 66.5 Å². The lowest BCUT2D eigenvalue weighted by Crippen LogP contribution is -2.17. The Hall–Kier alpha value is -2.87. The number of nitrogens with zero attached hydrogens (tertiary/aromatic N) is 5. The number of ether oxygens (including phenoxy) is 1. The molecule has 164 valence electrons. The Balaban J connectivity index is 0.000000339. The van der Waals surface area contributed by atoms with E-state index in [1.54, 1.807) is 11.3 Å². The highest BCUT2D eigenvalue weighted by molar-refractivity contribution is 7.15. The third-order valence-electron chi connectivity index (χ3n) is 4.98. The maximum absolute atomic E-state index is 9.60. The summed E-state index contributed by atoms with van der Waals surface area (Å²) in [6.07, 6.45) is 4.53. The van der Waals surface area contributed by atoms with E-state index in [1.807, 2.05) is 52.2 Å². The Bertz CT molecular complexity index is 1090. The molecule has 0 aliphatic carbocycles. The highest BCUT2D eigenvalue weighted by atomic mass is 32.1. The standard InChI is InChI=1S/C18H19N5S.C5H10O2/c1-5-14-17-22-21-12(4)23(17)18-15(10(2)11(3)24-18)16(20-14)13-6-8-19-9-7-13;1-5(2,3)7-4-6/h6-9,14H,5H2,1-4H3;4H,1-3H3. The van der Waals surface area contributed by atoms with Crippen LogP contribution < -0.4 is 0 Å². The Morgan fingerprint density at radius 2 is 1.84 bits per heavy atom. The van der Waals surface area contributed by atoms with Crippen LogP contribution in [0, 0.1) is 20.8 Å². The summed E-state index contributed by atoms with van der Waals surface area (Å²) < 4.78 is 6.73. The van der Waals surface area contributed by atoms with Crippen LogP contribution in [0.1, 0.15) is 73.4 Å². The van der Waals surface area contributed by atoms with E-state index in [1.165, 1.54) is 21.0 Å². The molecule has 0 bridgehead atoms. The average Bonchev–Trinajstić information content (AvgIpc) is 3.18. The molecule has 3 aromatic heterocycles. The summed E-state index contributed by atoms with van der Waals surface area (Å²) in [6, 6.07) is 4.07. The van der Waals surface area contributed by atoms with Crippen LogP contribution in [0.15, 0.2) is 29.5 Å². The van der Waals surface area contributed by atoms with Crippen molar-refractivity contribution in [2.24, 2.45) is 4.99 Å². The first-order valence-electron chi connectivity index (χ1n) is 10.3. The van der Waals surface area contributed by atoms with Crippen molar-refractivity contribution < 1.29 is 9.53 Å². The maximum Gasteiger partial charge on any atom is 0.293 e. The molecule has 4 rings (SSSR count). The van der Waals surface area contributed by atoms with E-state index in [4.69, 9.17) is 4.99 Å². The van der Waals surface area contributed by atoms with E-state index in [-0.39, 0.29) is 11.6 Å². The number of aryl methyl sites for hydroxylation is 2. The van der Waals surface area contributed by atoms with Crippen molar-refractivity contribution >= 4 is 23.5 Å². The van der Waals surface area contributed by atoms with Crippen LogP contribution in [0.25, 0.3) is 5.00 Å². The number of pyridine rings is 1. The summed E-state index contributed by atoms with van der Waals surface area (Å²) in [5, 5.41) is 9.92. The maximum atomic E-state index is 9.60. The number of rotatable bonds is 3. The molecule has 31 heavy (non-hydrogen) atoms. The van der Waals surface area contributed by atoms with Gasteiger partial charge in [0, 0.05) is 28.4 Å². The molecular formula is C23H29N5O2S. The Morgan fingerprint density at radius 3 is 2.39 bits per heavy atom. The Kier molecular flexibility index (Phi) is 6.69. The number of fused-ring (bicyclic) bond motifs is 3. The normalized spacial score (nSPS) is 15.1. The molecular weight excluding hydrogens is 410 g/mol. The number of aliphatic imine (C=N–C) groups is 1. The van der Waals surface area contributed by atoms with Crippen LogP contribution in [-0.2, 0) is 9.53 Å². The number of carbonyl (C=O) groups excluding carboxylic acids is 1. The third-order valence-corrected chi connectivity index (χ3v) is 6.17. The lowest BCUT2D eigenvalue weighted by atomic mass is 10.0. The van der Waals surface area contributed by atoms with Crippen LogP contribution in [0.5, 0.6) is 0 Å². The molecule has 3 aromatic rings. The summed E-state index contributed by atoms with van der Waals surface area (Å²) in [7, 11) is 0. The largest absolute Gasteiger partial charge is 0.462 e. The molecule has 7 nitrogen and oxygen atoms in total. The van der Waals surface area contributed by atoms with Crippen molar-refractivity contribution in [2.75, 3.05) is 0 Å². The molecule has 0 amide bonds. The van der Waals surface area contributed by atoms with Gasteiger partial charge in [0.05, 0.1) is 5.71 Å². The topological polar surface area (TPSA) is 82.3 Å². The molecule has 0 saturated heterocycles. The molecule has 1 aliphatic heterocycles. The van der Waals surface area contributed by atoms with Crippen LogP contribution in [0.2, 0.25) is 0 Å². The Labute approximate surface area is 187 Å². The van der Waals surface area contributed by atoms with Gasteiger partial charge in [-0.3, -0.25) is 19.3 Å². The second kappa shape index (κ2) is 9.09. The van der Waals surface area contributed by atoms with Crippen molar-refractivity contribution in [3.05, 3.63) is 57.7 Å². The zero-order chi connectivity index (χ0) is 22.8.